The summed E-state index contributed by atoms with van der Waals surface area (Å²) >= 11 is 0. The van der Waals surface area contributed by atoms with E-state index in [-0.39, 0.29) is 11.7 Å². The van der Waals surface area contributed by atoms with Crippen LogP contribution in [0.4, 0.5) is 21.6 Å². The predicted octanol–water partition coefficient (Wildman–Crippen LogP) is 4.74. The maximum absolute atomic E-state index is 13.2. The molecule has 0 bridgehead atoms. The van der Waals surface area contributed by atoms with Crippen molar-refractivity contribution in [3.05, 3.63) is 96.7 Å². The number of amides is 1. The van der Waals surface area contributed by atoms with E-state index in [1.54, 1.807) is 30.7 Å². The Morgan fingerprint density at radius 2 is 1.70 bits per heavy atom. The standard InChI is InChI=1S/C28H24FN7O/c29-21-5-7-22(8-6-21)33-28(37)20-2-1-3-23(16-20)35-12-14-36(15-13-35)27-24-17-19(25-10-11-32-34-25)4-9-26(24)30-18-31-27/h1-11,16-18H,12-15H2,(H,32,34)(H,33,37). The number of anilines is 3. The summed E-state index contributed by atoms with van der Waals surface area (Å²) in [6.07, 6.45) is 3.35. The summed E-state index contributed by atoms with van der Waals surface area (Å²) in [4.78, 5) is 26.4. The van der Waals surface area contributed by atoms with Gasteiger partial charge < -0.3 is 15.1 Å². The number of benzene rings is 3. The normalized spacial score (nSPS) is 13.6. The Bertz CT molecular complexity index is 1550. The van der Waals surface area contributed by atoms with Crippen LogP contribution < -0.4 is 15.1 Å². The number of aromatic nitrogens is 4. The van der Waals surface area contributed by atoms with Crippen LogP contribution in [0.25, 0.3) is 22.2 Å². The van der Waals surface area contributed by atoms with E-state index in [9.17, 15) is 9.18 Å². The molecule has 0 saturated carbocycles. The molecule has 1 saturated heterocycles. The molecular weight excluding hydrogens is 469 g/mol. The molecule has 8 nitrogen and oxygen atoms in total. The highest BCUT2D eigenvalue weighted by Gasteiger charge is 2.21. The van der Waals surface area contributed by atoms with Crippen molar-refractivity contribution in [1.29, 1.82) is 0 Å². The molecule has 2 N–H and O–H groups in total. The van der Waals surface area contributed by atoms with Crippen molar-refractivity contribution in [2.75, 3.05) is 41.3 Å². The van der Waals surface area contributed by atoms with E-state index in [1.165, 1.54) is 12.1 Å². The van der Waals surface area contributed by atoms with Gasteiger partial charge in [0.2, 0.25) is 0 Å². The van der Waals surface area contributed by atoms with E-state index < -0.39 is 0 Å². The van der Waals surface area contributed by atoms with Crippen LogP contribution in [0, 0.1) is 5.82 Å². The molecule has 0 atom stereocenters. The number of rotatable bonds is 5. The molecule has 1 aliphatic heterocycles. The minimum absolute atomic E-state index is 0.229. The first kappa shape index (κ1) is 22.7. The summed E-state index contributed by atoms with van der Waals surface area (Å²) in [6, 6.07) is 21.4. The Morgan fingerprint density at radius 3 is 2.49 bits per heavy atom. The number of halogens is 1. The molecule has 0 aliphatic carbocycles. The first-order valence-electron chi connectivity index (χ1n) is 12.1. The fourth-order valence-electron chi connectivity index (χ4n) is 4.64. The molecule has 1 aliphatic rings. The lowest BCUT2D eigenvalue weighted by Crippen LogP contribution is -2.47. The van der Waals surface area contributed by atoms with E-state index in [4.69, 9.17) is 0 Å². The Morgan fingerprint density at radius 1 is 0.892 bits per heavy atom. The zero-order valence-corrected chi connectivity index (χ0v) is 19.9. The zero-order valence-electron chi connectivity index (χ0n) is 19.9. The number of nitrogens with zero attached hydrogens (tertiary/aromatic N) is 5. The number of carbonyl (C=O) groups excluding carboxylic acids is 1. The Balaban J connectivity index is 1.17. The molecule has 5 aromatic rings. The lowest BCUT2D eigenvalue weighted by molar-refractivity contribution is 0.102. The van der Waals surface area contributed by atoms with E-state index in [0.29, 0.717) is 11.3 Å². The van der Waals surface area contributed by atoms with E-state index >= 15 is 0 Å². The molecule has 184 valence electrons. The summed E-state index contributed by atoms with van der Waals surface area (Å²) in [6.45, 7) is 3.14. The topological polar surface area (TPSA) is 90.0 Å². The highest BCUT2D eigenvalue weighted by Crippen LogP contribution is 2.29. The molecule has 0 unspecified atom stereocenters. The number of aromatic amines is 1. The van der Waals surface area contributed by atoms with Gasteiger partial charge in [-0.1, -0.05) is 12.1 Å². The SMILES string of the molecule is O=C(Nc1ccc(F)cc1)c1cccc(N2CCN(c3ncnc4ccc(-c5ccn[nH]5)cc34)CC2)c1. The molecule has 1 amide bonds. The van der Waals surface area contributed by atoms with E-state index in [1.807, 2.05) is 36.4 Å². The number of piperazine rings is 1. The van der Waals surface area contributed by atoms with Gasteiger partial charge in [-0.3, -0.25) is 9.89 Å². The smallest absolute Gasteiger partial charge is 0.255 e. The molecule has 37 heavy (non-hydrogen) atoms. The second kappa shape index (κ2) is 9.69. The Hall–Kier alpha value is -4.79. The number of H-pyrrole nitrogens is 1. The van der Waals surface area contributed by atoms with Crippen LogP contribution in [-0.2, 0) is 0 Å². The second-order valence-corrected chi connectivity index (χ2v) is 8.88. The van der Waals surface area contributed by atoms with Gasteiger partial charge in [0, 0.05) is 60.3 Å². The van der Waals surface area contributed by atoms with Gasteiger partial charge in [-0.2, -0.15) is 5.10 Å². The van der Waals surface area contributed by atoms with Gasteiger partial charge in [0.25, 0.3) is 5.91 Å². The van der Waals surface area contributed by atoms with Gasteiger partial charge in [-0.05, 0) is 60.7 Å². The average Bonchev–Trinajstić information content (AvgIpc) is 3.49. The lowest BCUT2D eigenvalue weighted by Gasteiger charge is -2.37. The quantitative estimate of drug-likeness (QED) is 0.368. The summed E-state index contributed by atoms with van der Waals surface area (Å²) in [5, 5.41) is 10.9. The lowest BCUT2D eigenvalue weighted by atomic mass is 10.1. The Kier molecular flexibility index (Phi) is 5.94. The van der Waals surface area contributed by atoms with E-state index in [0.717, 1.165) is 59.8 Å². The third kappa shape index (κ3) is 4.71. The molecule has 0 radical (unpaired) electrons. The first-order chi connectivity index (χ1) is 18.1. The highest BCUT2D eigenvalue weighted by atomic mass is 19.1. The van der Waals surface area contributed by atoms with Crippen molar-refractivity contribution < 1.29 is 9.18 Å². The van der Waals surface area contributed by atoms with E-state index in [2.05, 4.69) is 41.3 Å². The van der Waals surface area contributed by atoms with Crippen molar-refractivity contribution in [1.82, 2.24) is 20.2 Å². The fourth-order valence-corrected chi connectivity index (χ4v) is 4.64. The maximum Gasteiger partial charge on any atom is 0.255 e. The molecule has 1 fully saturated rings. The van der Waals surface area contributed by atoms with Crippen molar-refractivity contribution in [2.45, 2.75) is 0 Å². The van der Waals surface area contributed by atoms with Crippen molar-refractivity contribution in [2.24, 2.45) is 0 Å². The van der Waals surface area contributed by atoms with Gasteiger partial charge in [0.1, 0.15) is 18.0 Å². The molecule has 9 heteroatoms. The predicted molar refractivity (Wildman–Crippen MR) is 142 cm³/mol. The molecule has 0 spiro atoms. The average molecular weight is 494 g/mol. The molecule has 6 rings (SSSR count). The number of fused-ring (bicyclic) bond motifs is 1. The molecule has 3 aromatic carbocycles. The second-order valence-electron chi connectivity index (χ2n) is 8.88. The summed E-state index contributed by atoms with van der Waals surface area (Å²) in [7, 11) is 0. The third-order valence-electron chi connectivity index (χ3n) is 6.58. The van der Waals surface area contributed by atoms with Crippen LogP contribution in [0.2, 0.25) is 0 Å². The Labute approximate surface area is 212 Å². The third-order valence-corrected chi connectivity index (χ3v) is 6.58. The minimum atomic E-state index is -0.340. The number of nitrogens with one attached hydrogen (secondary N) is 2. The maximum atomic E-state index is 13.2. The van der Waals surface area contributed by atoms with Crippen molar-refractivity contribution in [3.63, 3.8) is 0 Å². The summed E-state index contributed by atoms with van der Waals surface area (Å²) in [5.74, 6) is 0.346. The monoisotopic (exact) mass is 493 g/mol. The van der Waals surface area contributed by atoms with Gasteiger partial charge in [0.05, 0.1) is 11.2 Å². The van der Waals surface area contributed by atoms with Crippen LogP contribution in [0.15, 0.2) is 85.3 Å². The fraction of sp³-hybridized carbons (Fsp3) is 0.143. The molecule has 3 heterocycles. The van der Waals surface area contributed by atoms with Crippen LogP contribution in [0.3, 0.4) is 0 Å². The summed E-state index contributed by atoms with van der Waals surface area (Å²) < 4.78 is 13.2. The number of carbonyl (C=O) groups is 1. The number of hydrogen-bond acceptors (Lipinski definition) is 6. The van der Waals surface area contributed by atoms with Gasteiger partial charge in [-0.25, -0.2) is 14.4 Å². The van der Waals surface area contributed by atoms with Crippen LogP contribution >= 0.6 is 0 Å². The van der Waals surface area contributed by atoms with Gasteiger partial charge in [-0.15, -0.1) is 0 Å². The van der Waals surface area contributed by atoms with Crippen LogP contribution in [-0.4, -0.2) is 52.3 Å². The first-order valence-corrected chi connectivity index (χ1v) is 12.1. The molecular formula is C28H24FN7O. The molecule has 2 aromatic heterocycles. The van der Waals surface area contributed by atoms with Crippen molar-refractivity contribution >= 4 is 34.0 Å². The van der Waals surface area contributed by atoms with Crippen LogP contribution in [0.1, 0.15) is 10.4 Å². The number of hydrogen-bond donors (Lipinski definition) is 2. The van der Waals surface area contributed by atoms with Crippen LogP contribution in [0.5, 0.6) is 0 Å². The summed E-state index contributed by atoms with van der Waals surface area (Å²) in [5.41, 5.74) is 4.98. The van der Waals surface area contributed by atoms with Gasteiger partial charge >= 0.3 is 0 Å². The van der Waals surface area contributed by atoms with Gasteiger partial charge in [0.15, 0.2) is 0 Å². The van der Waals surface area contributed by atoms with Crippen molar-refractivity contribution in [3.8, 4) is 11.3 Å². The zero-order chi connectivity index (χ0) is 25.2. The largest absolute Gasteiger partial charge is 0.368 e. The highest BCUT2D eigenvalue weighted by molar-refractivity contribution is 6.04. The minimum Gasteiger partial charge on any atom is -0.368 e.